The standard InChI is InChI=1S/C130H92N2/c1-129(2)119-61-23-19-53-117(119)128-107(57-32-62-120(128)129)90-67-74-99(75-68-90)132(122-63-24-20-51-113(122)115-58-30-43-91-41-28-55-106(126(91)115)89-37-12-7-13-38-89)125-84-97(71-77-105(125)88-35-10-6-11-36-88)103-80-79-102(109-48-16-17-49-110(103)109)94-45-26-46-95(81-94)108-56-29-42-92-44-31-59-116(127(92)108)114-52-21-25-64-123(114)131(98-72-65-85(66-73-98)93-69-78-112-111-50-18-22-60-118(111)130(3,4)121(112)82-93)124-83-96(70-76-104(124)87-33-8-5-9-34-87)101-54-27-40-86-39-14-15-47-100(86)101/h5-84H,1-4H3. The number of nitrogens with zero attached hydrogens (tertiary/aromatic N) is 2. The van der Waals surface area contributed by atoms with E-state index >= 15 is 0 Å². The van der Waals surface area contributed by atoms with E-state index in [1.54, 1.807) is 0 Å². The van der Waals surface area contributed by atoms with Crippen molar-refractivity contribution in [3.05, 3.63) is 508 Å². The Morgan fingerprint density at radius 3 is 1.02 bits per heavy atom. The fourth-order valence-corrected chi connectivity index (χ4v) is 21.9. The van der Waals surface area contributed by atoms with Crippen LogP contribution < -0.4 is 9.80 Å². The Balaban J connectivity index is 0.646. The van der Waals surface area contributed by atoms with E-state index in [-0.39, 0.29) is 10.8 Å². The molecule has 2 aliphatic carbocycles. The van der Waals surface area contributed by atoms with Crippen LogP contribution in [0.5, 0.6) is 0 Å². The van der Waals surface area contributed by atoms with Gasteiger partial charge in [-0.15, -0.1) is 0 Å². The number of benzene rings is 22. The molecule has 0 aliphatic heterocycles. The van der Waals surface area contributed by atoms with E-state index in [4.69, 9.17) is 0 Å². The Hall–Kier alpha value is -16.5. The summed E-state index contributed by atoms with van der Waals surface area (Å²) in [7, 11) is 0. The average molecular weight is 1680 g/mol. The quantitative estimate of drug-likeness (QED) is 0.0896. The predicted octanol–water partition coefficient (Wildman–Crippen LogP) is 36.2. The Morgan fingerprint density at radius 1 is 0.152 bits per heavy atom. The molecule has 22 aromatic rings. The van der Waals surface area contributed by atoms with Crippen molar-refractivity contribution in [1.82, 2.24) is 0 Å². The maximum absolute atomic E-state index is 2.54. The minimum atomic E-state index is -0.135. The second kappa shape index (κ2) is 32.3. The summed E-state index contributed by atoms with van der Waals surface area (Å²) < 4.78 is 0. The third-order valence-corrected chi connectivity index (χ3v) is 28.3. The molecule has 0 saturated carbocycles. The maximum atomic E-state index is 2.54. The first kappa shape index (κ1) is 78.9. The second-order valence-corrected chi connectivity index (χ2v) is 36.4. The van der Waals surface area contributed by atoms with Crippen LogP contribution in [-0.4, -0.2) is 0 Å². The van der Waals surface area contributed by atoms with Crippen molar-refractivity contribution in [2.45, 2.75) is 38.5 Å². The Kier molecular flexibility index (Phi) is 19.3. The van der Waals surface area contributed by atoms with Crippen LogP contribution >= 0.6 is 0 Å². The summed E-state index contributed by atoms with van der Waals surface area (Å²) in [6.45, 7) is 9.47. The van der Waals surface area contributed by atoms with Gasteiger partial charge in [0, 0.05) is 44.5 Å². The molecule has 0 N–H and O–H groups in total. The summed E-state index contributed by atoms with van der Waals surface area (Å²) in [4.78, 5) is 5.08. The fourth-order valence-electron chi connectivity index (χ4n) is 21.9. The van der Waals surface area contributed by atoms with Gasteiger partial charge in [-0.2, -0.15) is 0 Å². The molecule has 2 aliphatic rings. The van der Waals surface area contributed by atoms with E-state index in [9.17, 15) is 0 Å². The van der Waals surface area contributed by atoms with Crippen LogP contribution in [-0.2, 0) is 10.8 Å². The van der Waals surface area contributed by atoms with E-state index in [0.29, 0.717) is 0 Å². The Bertz CT molecular complexity index is 8290. The van der Waals surface area contributed by atoms with Gasteiger partial charge in [0.05, 0.1) is 22.7 Å². The van der Waals surface area contributed by atoms with Gasteiger partial charge in [-0.3, -0.25) is 0 Å². The van der Waals surface area contributed by atoms with Crippen LogP contribution in [0.25, 0.3) is 188 Å². The molecular weight excluding hydrogens is 1590 g/mol. The third kappa shape index (κ3) is 13.4. The molecule has 22 aromatic carbocycles. The topological polar surface area (TPSA) is 6.48 Å². The molecule has 0 fully saturated rings. The highest BCUT2D eigenvalue weighted by atomic mass is 15.2. The molecule has 2 nitrogen and oxygen atoms in total. The van der Waals surface area contributed by atoms with Gasteiger partial charge in [0.15, 0.2) is 0 Å². The number of hydrogen-bond acceptors (Lipinski definition) is 2. The van der Waals surface area contributed by atoms with Crippen molar-refractivity contribution >= 4 is 77.2 Å². The van der Waals surface area contributed by atoms with Gasteiger partial charge < -0.3 is 9.80 Å². The van der Waals surface area contributed by atoms with E-state index in [2.05, 4.69) is 523 Å². The van der Waals surface area contributed by atoms with Crippen LogP contribution in [0.1, 0.15) is 49.9 Å². The number of fused-ring (bicyclic) bond motifs is 10. The van der Waals surface area contributed by atoms with Crippen molar-refractivity contribution in [3.8, 4) is 145 Å². The Morgan fingerprint density at radius 2 is 0.462 bits per heavy atom. The highest BCUT2D eigenvalue weighted by molar-refractivity contribution is 6.14. The van der Waals surface area contributed by atoms with Gasteiger partial charge in [0.1, 0.15) is 0 Å². The number of para-hydroxylation sites is 2. The fraction of sp³-hybridized carbons (Fsp3) is 0.0462. The zero-order chi connectivity index (χ0) is 88.1. The van der Waals surface area contributed by atoms with E-state index in [1.165, 1.54) is 121 Å². The van der Waals surface area contributed by atoms with Crippen molar-refractivity contribution in [2.75, 3.05) is 9.80 Å². The van der Waals surface area contributed by atoms with Crippen LogP contribution in [0.15, 0.2) is 485 Å². The molecule has 0 atom stereocenters. The molecule has 0 aromatic heterocycles. The lowest BCUT2D eigenvalue weighted by Gasteiger charge is -2.31. The van der Waals surface area contributed by atoms with Crippen molar-refractivity contribution < 1.29 is 0 Å². The second-order valence-electron chi connectivity index (χ2n) is 36.4. The predicted molar refractivity (Wildman–Crippen MR) is 561 cm³/mol. The van der Waals surface area contributed by atoms with Gasteiger partial charge in [-0.1, -0.05) is 452 Å². The molecule has 132 heavy (non-hydrogen) atoms. The minimum Gasteiger partial charge on any atom is -0.309 e. The summed E-state index contributed by atoms with van der Waals surface area (Å²) in [5.41, 5.74) is 42.2. The lowest BCUT2D eigenvalue weighted by Crippen LogP contribution is -2.14. The van der Waals surface area contributed by atoms with E-state index < -0.39 is 0 Å². The normalized spacial score (nSPS) is 12.7. The van der Waals surface area contributed by atoms with Crippen LogP contribution in [0.4, 0.5) is 34.1 Å². The molecule has 2 heteroatoms. The molecule has 0 bridgehead atoms. The van der Waals surface area contributed by atoms with E-state index in [1.807, 2.05) is 0 Å². The molecule has 0 heterocycles. The molecule has 0 amide bonds. The van der Waals surface area contributed by atoms with Crippen LogP contribution in [0.3, 0.4) is 0 Å². The van der Waals surface area contributed by atoms with Crippen LogP contribution in [0, 0.1) is 0 Å². The first-order valence-corrected chi connectivity index (χ1v) is 46.1. The summed E-state index contributed by atoms with van der Waals surface area (Å²) in [5.74, 6) is 0. The molecule has 0 saturated heterocycles. The van der Waals surface area contributed by atoms with Gasteiger partial charge in [0.25, 0.3) is 0 Å². The highest BCUT2D eigenvalue weighted by Gasteiger charge is 2.38. The molecule has 622 valence electrons. The van der Waals surface area contributed by atoms with Crippen molar-refractivity contribution in [3.63, 3.8) is 0 Å². The summed E-state index contributed by atoms with van der Waals surface area (Å²) >= 11 is 0. The number of rotatable bonds is 17. The van der Waals surface area contributed by atoms with Gasteiger partial charge in [0.2, 0.25) is 0 Å². The minimum absolute atomic E-state index is 0.132. The van der Waals surface area contributed by atoms with Crippen LogP contribution in [0.2, 0.25) is 0 Å². The number of hydrogen-bond donors (Lipinski definition) is 0. The monoisotopic (exact) mass is 1680 g/mol. The van der Waals surface area contributed by atoms with Gasteiger partial charge >= 0.3 is 0 Å². The average Bonchev–Trinajstić information content (AvgIpc) is 1.47. The zero-order valence-electron chi connectivity index (χ0n) is 74.1. The molecule has 0 radical (unpaired) electrons. The van der Waals surface area contributed by atoms with Gasteiger partial charge in [-0.05, 0) is 248 Å². The summed E-state index contributed by atoms with van der Waals surface area (Å²) in [5, 5.41) is 9.50. The lowest BCUT2D eigenvalue weighted by atomic mass is 9.81. The SMILES string of the molecule is CC1(C)c2ccccc2-c2ccc(-c3ccc(N(c4cc(-c5cccc6ccccc56)ccc4-c4ccccc4)c4ccccc4-c4cccc5cccc(-c6cccc(-c7ccc(-c8ccc(-c9ccccc9)c(N(c9ccc(-c%10cccc%11c%10-c%10ccccc%10C%11(C)C)cc9)c9ccccc9-c9cccc%10cccc(-c%11ccccc%11)c9%10)c8)c8ccccc78)c6)c45)cc3)cc21. The maximum Gasteiger partial charge on any atom is 0.0546 e. The summed E-state index contributed by atoms with van der Waals surface area (Å²) in [6, 6.07) is 182. The first-order chi connectivity index (χ1) is 65.0. The summed E-state index contributed by atoms with van der Waals surface area (Å²) in [6.07, 6.45) is 0. The van der Waals surface area contributed by atoms with Crippen molar-refractivity contribution in [2.24, 2.45) is 0 Å². The molecule has 0 spiro atoms. The smallest absolute Gasteiger partial charge is 0.0546 e. The third-order valence-electron chi connectivity index (χ3n) is 28.3. The zero-order valence-corrected chi connectivity index (χ0v) is 74.1. The lowest BCUT2D eigenvalue weighted by molar-refractivity contribution is 0.660. The molecular formula is C130H92N2. The first-order valence-electron chi connectivity index (χ1n) is 46.1. The van der Waals surface area contributed by atoms with E-state index in [0.717, 1.165) is 123 Å². The van der Waals surface area contributed by atoms with Gasteiger partial charge in [-0.25, -0.2) is 0 Å². The van der Waals surface area contributed by atoms with Crippen molar-refractivity contribution in [1.29, 1.82) is 0 Å². The highest BCUT2D eigenvalue weighted by Crippen LogP contribution is 2.57. The molecule has 0 unspecified atom stereocenters. The number of anilines is 6. The largest absolute Gasteiger partial charge is 0.309 e. The molecule has 24 rings (SSSR count). The Labute approximate surface area is 772 Å².